The molecule has 0 atom stereocenters. The Kier molecular flexibility index (Phi) is 1.95. The molecule has 0 N–H and O–H groups in total. The van der Waals surface area contributed by atoms with Gasteiger partial charge in [-0.3, -0.25) is 10.1 Å². The highest BCUT2D eigenvalue weighted by atomic mass is 16.6. The Bertz CT molecular complexity index is 304. The highest BCUT2D eigenvalue weighted by molar-refractivity contribution is 5.45. The minimum atomic E-state index is -0.891. The highest BCUT2D eigenvalue weighted by Gasteiger charge is 2.23. The molecule has 0 aromatic carbocycles. The number of nitrogens with zero attached hydrogens (tertiary/aromatic N) is 3. The van der Waals surface area contributed by atoms with Crippen molar-refractivity contribution in [3.05, 3.63) is 38.6 Å². The number of pyridine rings is 1. The lowest BCUT2D eigenvalue weighted by Crippen LogP contribution is -1.97. The van der Waals surface area contributed by atoms with Crippen molar-refractivity contribution in [2.75, 3.05) is 0 Å². The number of rotatable bonds is 2. The molecule has 0 unspecified atom stereocenters. The fourth-order valence-corrected chi connectivity index (χ4v) is 0.672. The molecule has 0 saturated heterocycles. The maximum atomic E-state index is 10.2. The lowest BCUT2D eigenvalue weighted by Gasteiger charge is -1.91. The fourth-order valence-electron chi connectivity index (χ4n) is 0.672. The molecule has 1 rings (SSSR count). The highest BCUT2D eigenvalue weighted by Crippen LogP contribution is 2.21. The molecular weight excluding hydrogens is 166 g/mol. The van der Waals surface area contributed by atoms with Gasteiger partial charge in [0.15, 0.2) is 0 Å². The molecule has 7 heteroatoms. The first-order chi connectivity index (χ1) is 5.63. The summed E-state index contributed by atoms with van der Waals surface area (Å²) in [5, 5.41) is 20.4. The second-order valence-corrected chi connectivity index (χ2v) is 1.86. The minimum absolute atomic E-state index is 0.595. The van der Waals surface area contributed by atoms with Gasteiger partial charge in [0.2, 0.25) is 0 Å². The third kappa shape index (κ3) is 1.34. The van der Waals surface area contributed by atoms with E-state index in [2.05, 4.69) is 4.98 Å². The van der Waals surface area contributed by atoms with Crippen molar-refractivity contribution in [1.82, 2.24) is 4.98 Å². The van der Waals surface area contributed by atoms with E-state index in [9.17, 15) is 20.2 Å². The van der Waals surface area contributed by atoms with Gasteiger partial charge in [-0.1, -0.05) is 0 Å². The van der Waals surface area contributed by atoms with Crippen molar-refractivity contribution >= 4 is 11.5 Å². The van der Waals surface area contributed by atoms with E-state index >= 15 is 0 Å². The average molecular weight is 169 g/mol. The Hall–Kier alpha value is -2.05. The van der Waals surface area contributed by atoms with E-state index in [1.54, 1.807) is 0 Å². The molecule has 0 fully saturated rings. The number of aromatic nitrogens is 1. The zero-order valence-corrected chi connectivity index (χ0v) is 5.71. The van der Waals surface area contributed by atoms with Crippen LogP contribution >= 0.6 is 0 Å². The molecule has 1 aromatic heterocycles. The Morgan fingerprint density at radius 3 is 2.33 bits per heavy atom. The van der Waals surface area contributed by atoms with Gasteiger partial charge in [0.1, 0.15) is 6.20 Å². The summed E-state index contributed by atoms with van der Waals surface area (Å²) >= 11 is 0. The van der Waals surface area contributed by atoms with Crippen LogP contribution in [0.1, 0.15) is 0 Å². The summed E-state index contributed by atoms with van der Waals surface area (Å²) in [6.45, 7) is 0. The van der Waals surface area contributed by atoms with Crippen LogP contribution < -0.4 is 0 Å². The topological polar surface area (TPSA) is 99.2 Å². The molecule has 0 spiro atoms. The van der Waals surface area contributed by atoms with Crippen molar-refractivity contribution in [2.24, 2.45) is 0 Å². The first kappa shape index (κ1) is 8.05. The van der Waals surface area contributed by atoms with Crippen LogP contribution in [0.5, 0.6) is 0 Å². The summed E-state index contributed by atoms with van der Waals surface area (Å²) in [5.74, 6) is -0.734. The van der Waals surface area contributed by atoms with Crippen LogP contribution in [-0.4, -0.2) is 14.8 Å². The second-order valence-electron chi connectivity index (χ2n) is 1.86. The summed E-state index contributed by atoms with van der Waals surface area (Å²) in [6.07, 6.45) is 1.13. The van der Waals surface area contributed by atoms with E-state index in [-0.39, 0.29) is 0 Å². The molecular formula is C5H3N3O4. The van der Waals surface area contributed by atoms with E-state index in [0.29, 0.717) is 0 Å². The van der Waals surface area contributed by atoms with E-state index in [1.807, 2.05) is 0 Å². The molecule has 0 radical (unpaired) electrons. The van der Waals surface area contributed by atoms with Crippen molar-refractivity contribution < 1.29 is 9.85 Å². The SMILES string of the molecule is O=[N+]([O-])c1cccnc1[N+](=O)[O-]. The van der Waals surface area contributed by atoms with E-state index in [1.165, 1.54) is 6.07 Å². The van der Waals surface area contributed by atoms with Gasteiger partial charge < -0.3 is 10.1 Å². The summed E-state index contributed by atoms with van der Waals surface area (Å²) in [5.41, 5.74) is -0.595. The van der Waals surface area contributed by atoms with E-state index in [0.717, 1.165) is 12.3 Å². The van der Waals surface area contributed by atoms with Crippen LogP contribution in [0.4, 0.5) is 11.5 Å². The van der Waals surface area contributed by atoms with Crippen LogP contribution in [0.2, 0.25) is 0 Å². The van der Waals surface area contributed by atoms with Crippen molar-refractivity contribution in [2.45, 2.75) is 0 Å². The van der Waals surface area contributed by atoms with Gasteiger partial charge in [0, 0.05) is 6.07 Å². The Labute approximate surface area is 66.0 Å². The number of hydrogen-bond donors (Lipinski definition) is 0. The molecule has 7 nitrogen and oxygen atoms in total. The summed E-state index contributed by atoms with van der Waals surface area (Å²) in [7, 11) is 0. The van der Waals surface area contributed by atoms with Gasteiger partial charge >= 0.3 is 11.5 Å². The predicted molar refractivity (Wildman–Crippen MR) is 37.5 cm³/mol. The van der Waals surface area contributed by atoms with Crippen LogP contribution in [0.3, 0.4) is 0 Å². The lowest BCUT2D eigenvalue weighted by molar-refractivity contribution is -0.425. The van der Waals surface area contributed by atoms with Crippen LogP contribution in [0, 0.1) is 20.2 Å². The first-order valence-electron chi connectivity index (χ1n) is 2.86. The zero-order valence-electron chi connectivity index (χ0n) is 5.71. The maximum absolute atomic E-state index is 10.2. The zero-order chi connectivity index (χ0) is 9.14. The Balaban J connectivity index is 3.27. The number of nitro groups is 2. The number of hydrogen-bond acceptors (Lipinski definition) is 5. The van der Waals surface area contributed by atoms with Crippen LogP contribution in [-0.2, 0) is 0 Å². The van der Waals surface area contributed by atoms with Crippen LogP contribution in [0.15, 0.2) is 18.3 Å². The smallest absolute Gasteiger partial charge is 0.358 e. The molecule has 1 heterocycles. The second kappa shape index (κ2) is 2.91. The monoisotopic (exact) mass is 169 g/mol. The van der Waals surface area contributed by atoms with Crippen molar-refractivity contribution in [1.29, 1.82) is 0 Å². The first-order valence-corrected chi connectivity index (χ1v) is 2.86. The predicted octanol–water partition coefficient (Wildman–Crippen LogP) is 0.898. The van der Waals surface area contributed by atoms with Gasteiger partial charge in [-0.25, -0.2) is 0 Å². The standard InChI is InChI=1S/C5H3N3O4/c9-7(10)4-2-1-3-6-5(4)8(11)12/h1-3H. The van der Waals surface area contributed by atoms with Crippen LogP contribution in [0.25, 0.3) is 0 Å². The molecule has 12 heavy (non-hydrogen) atoms. The summed E-state index contributed by atoms with van der Waals surface area (Å²) in [4.78, 5) is 21.9. The quantitative estimate of drug-likeness (QED) is 0.483. The van der Waals surface area contributed by atoms with Gasteiger partial charge in [-0.05, 0) is 16.0 Å². The van der Waals surface area contributed by atoms with Gasteiger partial charge in [0.25, 0.3) is 0 Å². The largest absolute Gasteiger partial charge is 0.442 e. The van der Waals surface area contributed by atoms with Gasteiger partial charge in [0.05, 0.1) is 4.92 Å². The minimum Gasteiger partial charge on any atom is -0.358 e. The molecule has 1 aromatic rings. The maximum Gasteiger partial charge on any atom is 0.442 e. The molecule has 0 amide bonds. The lowest BCUT2D eigenvalue weighted by atomic mass is 10.4. The molecule has 0 aliphatic carbocycles. The Morgan fingerprint density at radius 2 is 1.92 bits per heavy atom. The molecule has 0 aliphatic heterocycles. The third-order valence-electron chi connectivity index (χ3n) is 1.14. The molecule has 0 saturated carbocycles. The summed E-state index contributed by atoms with van der Waals surface area (Å²) in [6, 6.07) is 2.30. The summed E-state index contributed by atoms with van der Waals surface area (Å²) < 4.78 is 0. The normalized spacial score (nSPS) is 9.33. The third-order valence-corrected chi connectivity index (χ3v) is 1.14. The van der Waals surface area contributed by atoms with E-state index in [4.69, 9.17) is 0 Å². The van der Waals surface area contributed by atoms with E-state index < -0.39 is 21.4 Å². The van der Waals surface area contributed by atoms with Gasteiger partial charge in [-0.15, -0.1) is 0 Å². The van der Waals surface area contributed by atoms with Gasteiger partial charge in [-0.2, -0.15) is 0 Å². The average Bonchev–Trinajstić information content (AvgIpc) is 2.04. The van der Waals surface area contributed by atoms with Crippen molar-refractivity contribution in [3.8, 4) is 0 Å². The molecule has 62 valence electrons. The van der Waals surface area contributed by atoms with Crippen molar-refractivity contribution in [3.63, 3.8) is 0 Å². The molecule has 0 aliphatic rings. The Morgan fingerprint density at radius 1 is 1.25 bits per heavy atom. The fraction of sp³-hybridized carbons (Fsp3) is 0. The molecule has 0 bridgehead atoms.